The van der Waals surface area contributed by atoms with E-state index in [-0.39, 0.29) is 5.91 Å². The van der Waals surface area contributed by atoms with Crippen LogP contribution in [0.4, 0.5) is 0 Å². The molecule has 0 spiro atoms. The molecule has 7 heteroatoms. The molecular weight excluding hydrogens is 286 g/mol. The zero-order chi connectivity index (χ0) is 14.5. The third-order valence-corrected chi connectivity index (χ3v) is 3.56. The maximum absolute atomic E-state index is 11.8. The molecule has 0 saturated heterocycles. The average molecular weight is 299 g/mol. The van der Waals surface area contributed by atoms with Gasteiger partial charge in [-0.15, -0.1) is 0 Å². The number of thiophene rings is 1. The molecule has 0 aliphatic heterocycles. The van der Waals surface area contributed by atoms with Gasteiger partial charge in [-0.3, -0.25) is 14.5 Å². The second-order valence-electron chi connectivity index (χ2n) is 4.32. The van der Waals surface area contributed by atoms with E-state index in [0.29, 0.717) is 18.8 Å². The zero-order valence-corrected chi connectivity index (χ0v) is 12.0. The van der Waals surface area contributed by atoms with Gasteiger partial charge in [-0.1, -0.05) is 0 Å². The Kier molecular flexibility index (Phi) is 4.02. The van der Waals surface area contributed by atoms with Crippen LogP contribution in [0.1, 0.15) is 10.5 Å². The van der Waals surface area contributed by atoms with Crippen LogP contribution in [0.25, 0.3) is 11.3 Å². The number of carbonyl (C=O) groups is 1. The number of aromatic nitrogens is 4. The Bertz CT molecular complexity index is 708. The summed E-state index contributed by atoms with van der Waals surface area (Å²) in [6.45, 7) is 1.09. The maximum atomic E-state index is 11.8. The summed E-state index contributed by atoms with van der Waals surface area (Å²) in [4.78, 5) is 19.6. The van der Waals surface area contributed by atoms with Crippen molar-refractivity contribution in [2.45, 2.75) is 6.54 Å². The Labute approximate surface area is 125 Å². The summed E-state index contributed by atoms with van der Waals surface area (Å²) in [7, 11) is 0. The molecule has 0 radical (unpaired) electrons. The normalized spacial score (nSPS) is 10.5. The molecule has 0 aromatic carbocycles. The van der Waals surface area contributed by atoms with E-state index in [0.717, 1.165) is 11.3 Å². The van der Waals surface area contributed by atoms with Gasteiger partial charge in [0.1, 0.15) is 5.69 Å². The second kappa shape index (κ2) is 6.27. The quantitative estimate of drug-likeness (QED) is 0.780. The molecule has 1 amide bonds. The fraction of sp³-hybridized carbons (Fsp3) is 0.143. The van der Waals surface area contributed by atoms with Crippen molar-refractivity contribution in [1.82, 2.24) is 25.1 Å². The first-order chi connectivity index (χ1) is 10.3. The van der Waals surface area contributed by atoms with E-state index in [2.05, 4.69) is 25.8 Å². The summed E-state index contributed by atoms with van der Waals surface area (Å²) in [5.74, 6) is -0.228. The monoisotopic (exact) mass is 299 g/mol. The molecule has 0 aliphatic carbocycles. The van der Waals surface area contributed by atoms with E-state index in [4.69, 9.17) is 0 Å². The van der Waals surface area contributed by atoms with Crippen molar-refractivity contribution in [3.63, 3.8) is 0 Å². The van der Waals surface area contributed by atoms with Crippen LogP contribution in [0.5, 0.6) is 0 Å². The van der Waals surface area contributed by atoms with Gasteiger partial charge in [-0.25, -0.2) is 4.98 Å². The van der Waals surface area contributed by atoms with E-state index in [9.17, 15) is 4.79 Å². The largest absolute Gasteiger partial charge is 0.349 e. The maximum Gasteiger partial charge on any atom is 0.271 e. The molecule has 106 valence electrons. The molecule has 6 nitrogen and oxygen atoms in total. The lowest BCUT2D eigenvalue weighted by atomic mass is 10.2. The lowest BCUT2D eigenvalue weighted by molar-refractivity contribution is 0.0946. The van der Waals surface area contributed by atoms with Crippen LogP contribution in [-0.4, -0.2) is 32.2 Å². The van der Waals surface area contributed by atoms with E-state index in [1.807, 2.05) is 28.4 Å². The van der Waals surface area contributed by atoms with Crippen LogP contribution in [0.3, 0.4) is 0 Å². The van der Waals surface area contributed by atoms with Gasteiger partial charge in [0.25, 0.3) is 5.91 Å². The number of hydrogen-bond donors (Lipinski definition) is 1. The van der Waals surface area contributed by atoms with Crippen molar-refractivity contribution < 1.29 is 4.79 Å². The molecule has 0 atom stereocenters. The molecule has 0 bridgehead atoms. The Morgan fingerprint density at radius 1 is 1.33 bits per heavy atom. The van der Waals surface area contributed by atoms with E-state index >= 15 is 0 Å². The van der Waals surface area contributed by atoms with Crippen LogP contribution >= 0.6 is 11.3 Å². The van der Waals surface area contributed by atoms with Crippen molar-refractivity contribution in [3.05, 3.63) is 53.4 Å². The van der Waals surface area contributed by atoms with Crippen molar-refractivity contribution in [2.24, 2.45) is 0 Å². The molecule has 3 aromatic heterocycles. The number of carbonyl (C=O) groups excluding carboxylic acids is 1. The fourth-order valence-corrected chi connectivity index (χ4v) is 2.49. The number of rotatable bonds is 5. The van der Waals surface area contributed by atoms with Gasteiger partial charge in [0, 0.05) is 36.1 Å². The smallest absolute Gasteiger partial charge is 0.271 e. The van der Waals surface area contributed by atoms with Gasteiger partial charge in [-0.05, 0) is 17.5 Å². The highest BCUT2D eigenvalue weighted by Crippen LogP contribution is 2.19. The minimum absolute atomic E-state index is 0.228. The molecular formula is C14H13N5OS. The first-order valence-corrected chi connectivity index (χ1v) is 7.37. The van der Waals surface area contributed by atoms with E-state index in [1.54, 1.807) is 11.3 Å². The third-order valence-electron chi connectivity index (χ3n) is 2.88. The molecule has 1 N–H and O–H groups in total. The van der Waals surface area contributed by atoms with Crippen LogP contribution in [0.2, 0.25) is 0 Å². The van der Waals surface area contributed by atoms with Crippen LogP contribution in [-0.2, 0) is 6.54 Å². The zero-order valence-electron chi connectivity index (χ0n) is 11.1. The molecule has 21 heavy (non-hydrogen) atoms. The second-order valence-corrected chi connectivity index (χ2v) is 5.10. The number of nitrogens with zero attached hydrogens (tertiary/aromatic N) is 4. The Hall–Kier alpha value is -2.54. The predicted octanol–water partition coefficient (Wildman–Crippen LogP) is 1.83. The summed E-state index contributed by atoms with van der Waals surface area (Å²) >= 11 is 1.64. The van der Waals surface area contributed by atoms with Crippen molar-refractivity contribution >= 4 is 17.2 Å². The van der Waals surface area contributed by atoms with Crippen molar-refractivity contribution in [1.29, 1.82) is 0 Å². The van der Waals surface area contributed by atoms with E-state index < -0.39 is 0 Å². The van der Waals surface area contributed by atoms with Crippen molar-refractivity contribution in [3.8, 4) is 11.3 Å². The topological polar surface area (TPSA) is 72.7 Å². The SMILES string of the molecule is O=C(NCCn1ccc(-c2ccsc2)n1)c1cnccn1. The summed E-state index contributed by atoms with van der Waals surface area (Å²) in [6, 6.07) is 4.00. The Morgan fingerprint density at radius 3 is 3.05 bits per heavy atom. The van der Waals surface area contributed by atoms with Gasteiger partial charge < -0.3 is 5.32 Å². The summed E-state index contributed by atoms with van der Waals surface area (Å²) < 4.78 is 1.81. The minimum atomic E-state index is -0.228. The summed E-state index contributed by atoms with van der Waals surface area (Å²) in [6.07, 6.45) is 6.38. The number of amides is 1. The molecule has 0 unspecified atom stereocenters. The Morgan fingerprint density at radius 2 is 2.29 bits per heavy atom. The molecule has 3 heterocycles. The summed E-state index contributed by atoms with van der Waals surface area (Å²) in [5.41, 5.74) is 2.37. The van der Waals surface area contributed by atoms with Crippen LogP contribution < -0.4 is 5.32 Å². The van der Waals surface area contributed by atoms with Gasteiger partial charge >= 0.3 is 0 Å². The molecule has 0 fully saturated rings. The van der Waals surface area contributed by atoms with Gasteiger partial charge in [0.2, 0.25) is 0 Å². The van der Waals surface area contributed by atoms with Crippen LogP contribution in [0, 0.1) is 0 Å². The van der Waals surface area contributed by atoms with Gasteiger partial charge in [0.05, 0.1) is 18.4 Å². The average Bonchev–Trinajstić information content (AvgIpc) is 3.19. The highest BCUT2D eigenvalue weighted by molar-refractivity contribution is 7.08. The summed E-state index contributed by atoms with van der Waals surface area (Å²) in [5, 5.41) is 11.3. The number of nitrogens with one attached hydrogen (secondary N) is 1. The molecule has 0 saturated carbocycles. The van der Waals surface area contributed by atoms with Crippen LogP contribution in [0.15, 0.2) is 47.7 Å². The highest BCUT2D eigenvalue weighted by atomic mass is 32.1. The van der Waals surface area contributed by atoms with Gasteiger partial charge in [0.15, 0.2) is 0 Å². The lowest BCUT2D eigenvalue weighted by Crippen LogP contribution is -2.28. The molecule has 3 rings (SSSR count). The highest BCUT2D eigenvalue weighted by Gasteiger charge is 2.06. The van der Waals surface area contributed by atoms with Gasteiger partial charge in [-0.2, -0.15) is 16.4 Å². The number of hydrogen-bond acceptors (Lipinski definition) is 5. The standard InChI is InChI=1S/C14H13N5OS/c20-14(13-9-15-3-4-16-13)17-5-7-19-6-1-12(18-19)11-2-8-21-10-11/h1-4,6,8-10H,5,7H2,(H,17,20). The first-order valence-electron chi connectivity index (χ1n) is 6.43. The molecule has 3 aromatic rings. The minimum Gasteiger partial charge on any atom is -0.349 e. The first kappa shape index (κ1) is 13.4. The molecule has 0 aliphatic rings. The Balaban J connectivity index is 1.53. The van der Waals surface area contributed by atoms with Crippen molar-refractivity contribution in [2.75, 3.05) is 6.54 Å². The van der Waals surface area contributed by atoms with E-state index in [1.165, 1.54) is 18.6 Å². The third kappa shape index (κ3) is 3.32. The fourth-order valence-electron chi connectivity index (χ4n) is 1.84. The lowest BCUT2D eigenvalue weighted by Gasteiger charge is -2.04. The predicted molar refractivity (Wildman–Crippen MR) is 79.9 cm³/mol.